The number of nitrogens with zero attached hydrogens (tertiary/aromatic N) is 1. The van der Waals surface area contributed by atoms with E-state index in [4.69, 9.17) is 4.74 Å². The highest BCUT2D eigenvalue weighted by Gasteiger charge is 2.40. The van der Waals surface area contributed by atoms with E-state index in [1.165, 1.54) is 12.3 Å². The van der Waals surface area contributed by atoms with Gasteiger partial charge in [-0.3, -0.25) is 4.90 Å². The second-order valence-electron chi connectivity index (χ2n) is 6.98. The van der Waals surface area contributed by atoms with Gasteiger partial charge in [-0.25, -0.2) is 17.5 Å². The third kappa shape index (κ3) is 4.53. The van der Waals surface area contributed by atoms with Crippen LogP contribution in [0.15, 0.2) is 24.3 Å². The summed E-state index contributed by atoms with van der Waals surface area (Å²) in [6.45, 7) is 2.86. The van der Waals surface area contributed by atoms with Gasteiger partial charge in [-0.2, -0.15) is 0 Å². The van der Waals surface area contributed by atoms with Gasteiger partial charge in [-0.05, 0) is 31.7 Å². The Morgan fingerprint density at radius 1 is 1.33 bits per heavy atom. The van der Waals surface area contributed by atoms with Crippen molar-refractivity contribution in [1.29, 1.82) is 0 Å². The van der Waals surface area contributed by atoms with Crippen molar-refractivity contribution in [3.05, 3.63) is 35.6 Å². The molecule has 1 N–H and O–H groups in total. The molecule has 2 saturated heterocycles. The number of ether oxygens (including phenoxy) is 1. The van der Waals surface area contributed by atoms with E-state index in [0.717, 1.165) is 31.5 Å². The fraction of sp³-hybridized carbons (Fsp3) is 0.647. The molecule has 7 heteroatoms. The van der Waals surface area contributed by atoms with Gasteiger partial charge in [0, 0.05) is 37.8 Å². The van der Waals surface area contributed by atoms with Crippen molar-refractivity contribution >= 4 is 10.0 Å². The zero-order valence-electron chi connectivity index (χ0n) is 14.0. The molecule has 2 aliphatic rings. The Bertz CT molecular complexity index is 672. The number of halogens is 1. The molecule has 1 spiro atoms. The predicted octanol–water partition coefficient (Wildman–Crippen LogP) is 1.89. The summed E-state index contributed by atoms with van der Waals surface area (Å²) in [7, 11) is -3.19. The van der Waals surface area contributed by atoms with Crippen molar-refractivity contribution in [1.82, 2.24) is 9.62 Å². The van der Waals surface area contributed by atoms with Gasteiger partial charge in [0.2, 0.25) is 10.0 Å². The molecule has 0 radical (unpaired) electrons. The number of rotatable bonds is 4. The second kappa shape index (κ2) is 7.07. The topological polar surface area (TPSA) is 58.6 Å². The van der Waals surface area contributed by atoms with Crippen molar-refractivity contribution in [2.24, 2.45) is 0 Å². The monoisotopic (exact) mass is 356 g/mol. The van der Waals surface area contributed by atoms with Crippen LogP contribution in [0.3, 0.4) is 0 Å². The lowest BCUT2D eigenvalue weighted by Gasteiger charge is -2.46. The van der Waals surface area contributed by atoms with E-state index in [1.54, 1.807) is 6.07 Å². The minimum absolute atomic E-state index is 0.0492. The zero-order chi connectivity index (χ0) is 17.2. The minimum atomic E-state index is -3.19. The molecule has 0 bridgehead atoms. The van der Waals surface area contributed by atoms with Crippen LogP contribution in [0.1, 0.15) is 31.2 Å². The molecule has 0 saturated carbocycles. The van der Waals surface area contributed by atoms with Crippen LogP contribution in [-0.2, 0) is 21.3 Å². The van der Waals surface area contributed by atoms with Crippen LogP contribution in [0, 0.1) is 5.82 Å². The molecule has 2 fully saturated rings. The molecule has 2 aliphatic heterocycles. The maximum Gasteiger partial charge on any atom is 0.208 e. The third-order valence-corrected chi connectivity index (χ3v) is 5.75. The fourth-order valence-electron chi connectivity index (χ4n) is 3.77. The molecule has 24 heavy (non-hydrogen) atoms. The van der Waals surface area contributed by atoms with Crippen LogP contribution in [0.25, 0.3) is 0 Å². The van der Waals surface area contributed by atoms with Crippen LogP contribution in [0.4, 0.5) is 4.39 Å². The van der Waals surface area contributed by atoms with E-state index < -0.39 is 10.0 Å². The van der Waals surface area contributed by atoms with E-state index in [1.807, 2.05) is 12.1 Å². The first-order valence-electron chi connectivity index (χ1n) is 8.42. The molecule has 2 heterocycles. The third-order valence-electron chi connectivity index (χ3n) is 4.99. The number of sulfonamides is 1. The summed E-state index contributed by atoms with van der Waals surface area (Å²) in [4.78, 5) is 2.24. The van der Waals surface area contributed by atoms with Gasteiger partial charge in [0.1, 0.15) is 5.82 Å². The molecule has 0 aliphatic carbocycles. The SMILES string of the molecule is CS(=O)(=O)N[C@@H]1CCOC2(CCN(Cc3ccccc3F)CC2)C1. The molecule has 0 unspecified atom stereocenters. The number of nitrogens with one attached hydrogen (secondary N) is 1. The number of hydrogen-bond acceptors (Lipinski definition) is 4. The predicted molar refractivity (Wildman–Crippen MR) is 90.6 cm³/mol. The van der Waals surface area contributed by atoms with Crippen molar-refractivity contribution in [3.63, 3.8) is 0 Å². The van der Waals surface area contributed by atoms with Crippen LogP contribution in [0.5, 0.6) is 0 Å². The maximum absolute atomic E-state index is 13.8. The Balaban J connectivity index is 1.57. The Hall–Kier alpha value is -1.02. The van der Waals surface area contributed by atoms with Crippen molar-refractivity contribution in [3.8, 4) is 0 Å². The number of hydrogen-bond donors (Lipinski definition) is 1. The highest BCUT2D eigenvalue weighted by atomic mass is 32.2. The summed E-state index contributed by atoms with van der Waals surface area (Å²) in [6.07, 6.45) is 4.33. The highest BCUT2D eigenvalue weighted by Crippen LogP contribution is 2.35. The first-order chi connectivity index (χ1) is 11.4. The van der Waals surface area contributed by atoms with E-state index in [9.17, 15) is 12.8 Å². The molecule has 0 amide bonds. The minimum Gasteiger partial charge on any atom is -0.375 e. The summed E-state index contributed by atoms with van der Waals surface area (Å²) in [5.74, 6) is -0.163. The van der Waals surface area contributed by atoms with E-state index in [2.05, 4.69) is 9.62 Å². The van der Waals surface area contributed by atoms with Crippen LogP contribution < -0.4 is 4.72 Å². The molecule has 1 atom stereocenters. The summed E-state index contributed by atoms with van der Waals surface area (Å²) in [5, 5.41) is 0. The molecular formula is C17H25FN2O3S. The fourth-order valence-corrected chi connectivity index (χ4v) is 4.57. The summed E-state index contributed by atoms with van der Waals surface area (Å²) < 4.78 is 45.5. The molecule has 3 rings (SSSR count). The number of piperidine rings is 1. The molecule has 134 valence electrons. The van der Waals surface area contributed by atoms with Crippen molar-refractivity contribution < 1.29 is 17.5 Å². The van der Waals surface area contributed by atoms with Crippen LogP contribution in [0.2, 0.25) is 0 Å². The van der Waals surface area contributed by atoms with Gasteiger partial charge in [-0.1, -0.05) is 18.2 Å². The number of benzene rings is 1. The Morgan fingerprint density at radius 2 is 2.04 bits per heavy atom. The zero-order valence-corrected chi connectivity index (χ0v) is 14.8. The smallest absolute Gasteiger partial charge is 0.208 e. The average Bonchev–Trinajstić information content (AvgIpc) is 2.50. The van der Waals surface area contributed by atoms with Gasteiger partial charge >= 0.3 is 0 Å². The van der Waals surface area contributed by atoms with Crippen LogP contribution in [-0.4, -0.2) is 50.9 Å². The first-order valence-corrected chi connectivity index (χ1v) is 10.3. The Kier molecular flexibility index (Phi) is 5.24. The Morgan fingerprint density at radius 3 is 2.71 bits per heavy atom. The van der Waals surface area contributed by atoms with Gasteiger partial charge in [0.05, 0.1) is 11.9 Å². The number of likely N-dealkylation sites (tertiary alicyclic amines) is 1. The van der Waals surface area contributed by atoms with Crippen molar-refractivity contribution in [2.75, 3.05) is 26.0 Å². The maximum atomic E-state index is 13.8. The van der Waals surface area contributed by atoms with E-state index in [-0.39, 0.29) is 17.5 Å². The van der Waals surface area contributed by atoms with E-state index >= 15 is 0 Å². The summed E-state index contributed by atoms with van der Waals surface area (Å²) >= 11 is 0. The first kappa shape index (κ1) is 17.8. The van der Waals surface area contributed by atoms with Crippen molar-refractivity contribution in [2.45, 2.75) is 43.9 Å². The second-order valence-corrected chi connectivity index (χ2v) is 8.76. The van der Waals surface area contributed by atoms with Gasteiger partial charge in [-0.15, -0.1) is 0 Å². The Labute approximate surface area is 143 Å². The van der Waals surface area contributed by atoms with Gasteiger partial charge in [0.15, 0.2) is 0 Å². The van der Waals surface area contributed by atoms with Gasteiger partial charge in [0.25, 0.3) is 0 Å². The molecular weight excluding hydrogens is 331 g/mol. The normalized spacial score (nSPS) is 25.0. The summed E-state index contributed by atoms with van der Waals surface area (Å²) in [5.41, 5.74) is 0.474. The standard InChI is InChI=1S/C17H25FN2O3S/c1-24(21,22)19-15-6-11-23-17(12-15)7-9-20(10-8-17)13-14-4-2-3-5-16(14)18/h2-5,15,19H,6-13H2,1H3/t15-/m1/s1. The van der Waals surface area contributed by atoms with Crippen LogP contribution >= 0.6 is 0 Å². The van der Waals surface area contributed by atoms with Gasteiger partial charge < -0.3 is 4.74 Å². The lowest BCUT2D eigenvalue weighted by molar-refractivity contribution is -0.118. The lowest BCUT2D eigenvalue weighted by atomic mass is 9.82. The highest BCUT2D eigenvalue weighted by molar-refractivity contribution is 7.88. The molecule has 0 aromatic heterocycles. The molecule has 1 aromatic rings. The average molecular weight is 356 g/mol. The van der Waals surface area contributed by atoms with E-state index in [0.29, 0.717) is 26.0 Å². The summed E-state index contributed by atoms with van der Waals surface area (Å²) in [6, 6.07) is 6.83. The molecule has 1 aromatic carbocycles. The lowest BCUT2D eigenvalue weighted by Crippen LogP contribution is -2.53. The quantitative estimate of drug-likeness (QED) is 0.895. The largest absolute Gasteiger partial charge is 0.375 e. The molecule has 5 nitrogen and oxygen atoms in total.